The number of hydrogen-bond donors (Lipinski definition) is 2. The van der Waals surface area contributed by atoms with Gasteiger partial charge in [-0.1, -0.05) is 90.5 Å². The van der Waals surface area contributed by atoms with Crippen molar-refractivity contribution in [2.24, 2.45) is 10.7 Å². The SMILES string of the molecule is Cc1cccc(CN2C(N)=NC(c3ccccc3)(c3ccccc3)C2O)c1. The molecule has 27 heavy (non-hydrogen) atoms. The van der Waals surface area contributed by atoms with Gasteiger partial charge in [0.2, 0.25) is 0 Å². The summed E-state index contributed by atoms with van der Waals surface area (Å²) in [6.45, 7) is 2.55. The summed E-state index contributed by atoms with van der Waals surface area (Å²) >= 11 is 0. The van der Waals surface area contributed by atoms with Crippen molar-refractivity contribution in [3.05, 3.63) is 107 Å². The number of guanidine groups is 1. The van der Waals surface area contributed by atoms with E-state index in [0.717, 1.165) is 16.7 Å². The van der Waals surface area contributed by atoms with E-state index in [1.807, 2.05) is 72.8 Å². The van der Waals surface area contributed by atoms with E-state index in [4.69, 9.17) is 10.7 Å². The van der Waals surface area contributed by atoms with Gasteiger partial charge >= 0.3 is 0 Å². The average molecular weight is 357 g/mol. The first kappa shape index (κ1) is 17.3. The summed E-state index contributed by atoms with van der Waals surface area (Å²) in [7, 11) is 0. The number of benzene rings is 3. The molecule has 1 heterocycles. The van der Waals surface area contributed by atoms with Gasteiger partial charge in [0.1, 0.15) is 0 Å². The first-order valence-electron chi connectivity index (χ1n) is 9.08. The molecule has 3 N–H and O–H groups in total. The largest absolute Gasteiger partial charge is 0.370 e. The lowest BCUT2D eigenvalue weighted by molar-refractivity contribution is 0.0139. The molecule has 136 valence electrons. The Kier molecular flexibility index (Phi) is 4.42. The van der Waals surface area contributed by atoms with Crippen LogP contribution in [-0.4, -0.2) is 22.2 Å². The minimum absolute atomic E-state index is 0.344. The topological polar surface area (TPSA) is 61.8 Å². The molecular weight excluding hydrogens is 334 g/mol. The molecule has 0 spiro atoms. The summed E-state index contributed by atoms with van der Waals surface area (Å²) in [5, 5.41) is 11.4. The predicted octanol–water partition coefficient (Wildman–Crippen LogP) is 3.39. The van der Waals surface area contributed by atoms with Gasteiger partial charge in [0, 0.05) is 6.54 Å². The minimum atomic E-state index is -0.948. The van der Waals surface area contributed by atoms with Crippen LogP contribution in [0, 0.1) is 6.92 Å². The third-order valence-electron chi connectivity index (χ3n) is 5.12. The van der Waals surface area contributed by atoms with Crippen LogP contribution in [0.5, 0.6) is 0 Å². The minimum Gasteiger partial charge on any atom is -0.370 e. The van der Waals surface area contributed by atoms with Crippen molar-refractivity contribution in [2.45, 2.75) is 25.2 Å². The van der Waals surface area contributed by atoms with Crippen LogP contribution < -0.4 is 5.73 Å². The first-order valence-corrected chi connectivity index (χ1v) is 9.08. The summed E-state index contributed by atoms with van der Waals surface area (Å²) < 4.78 is 0. The van der Waals surface area contributed by atoms with Crippen molar-refractivity contribution < 1.29 is 5.11 Å². The number of aliphatic hydroxyl groups excluding tert-OH is 1. The van der Waals surface area contributed by atoms with Crippen LogP contribution in [0.1, 0.15) is 22.3 Å². The Hall–Kier alpha value is -3.11. The number of aliphatic imine (C=N–C) groups is 1. The maximum atomic E-state index is 11.4. The lowest BCUT2D eigenvalue weighted by atomic mass is 9.82. The Labute approximate surface area is 159 Å². The monoisotopic (exact) mass is 357 g/mol. The fraction of sp³-hybridized carbons (Fsp3) is 0.174. The number of nitrogens with two attached hydrogens (primary N) is 1. The molecule has 4 heteroatoms. The fourth-order valence-corrected chi connectivity index (χ4v) is 3.81. The van der Waals surface area contributed by atoms with E-state index in [1.165, 1.54) is 5.56 Å². The van der Waals surface area contributed by atoms with E-state index >= 15 is 0 Å². The highest BCUT2D eigenvalue weighted by Crippen LogP contribution is 2.42. The molecule has 0 bridgehead atoms. The van der Waals surface area contributed by atoms with Crippen molar-refractivity contribution in [1.82, 2.24) is 4.90 Å². The third kappa shape index (κ3) is 2.98. The maximum Gasteiger partial charge on any atom is 0.195 e. The van der Waals surface area contributed by atoms with E-state index in [0.29, 0.717) is 12.5 Å². The van der Waals surface area contributed by atoms with Crippen molar-refractivity contribution in [1.29, 1.82) is 0 Å². The molecule has 0 fully saturated rings. The van der Waals surface area contributed by atoms with Gasteiger partial charge in [0.25, 0.3) is 0 Å². The highest BCUT2D eigenvalue weighted by Gasteiger charge is 2.50. The van der Waals surface area contributed by atoms with Crippen LogP contribution >= 0.6 is 0 Å². The molecule has 0 amide bonds. The van der Waals surface area contributed by atoms with Crippen LogP contribution in [-0.2, 0) is 12.1 Å². The number of nitrogens with zero attached hydrogens (tertiary/aromatic N) is 2. The molecule has 1 unspecified atom stereocenters. The van der Waals surface area contributed by atoms with Gasteiger partial charge < -0.3 is 15.7 Å². The smallest absolute Gasteiger partial charge is 0.195 e. The lowest BCUT2D eigenvalue weighted by Gasteiger charge is -2.34. The highest BCUT2D eigenvalue weighted by molar-refractivity contribution is 5.82. The third-order valence-corrected chi connectivity index (χ3v) is 5.12. The summed E-state index contributed by atoms with van der Waals surface area (Å²) in [5.41, 5.74) is 9.47. The number of hydrogen-bond acceptors (Lipinski definition) is 4. The van der Waals surface area contributed by atoms with Crippen LogP contribution in [0.2, 0.25) is 0 Å². The molecule has 1 atom stereocenters. The zero-order valence-corrected chi connectivity index (χ0v) is 15.3. The lowest BCUT2D eigenvalue weighted by Crippen LogP contribution is -2.47. The van der Waals surface area contributed by atoms with E-state index < -0.39 is 11.8 Å². The first-order chi connectivity index (χ1) is 13.1. The normalized spacial score (nSPS) is 18.4. The van der Waals surface area contributed by atoms with Crippen molar-refractivity contribution >= 4 is 5.96 Å². The maximum absolute atomic E-state index is 11.4. The Morgan fingerprint density at radius 1 is 0.926 bits per heavy atom. The summed E-state index contributed by atoms with van der Waals surface area (Å²) in [6.07, 6.45) is -0.900. The van der Waals surface area contributed by atoms with Gasteiger partial charge in [0.05, 0.1) is 0 Å². The van der Waals surface area contributed by atoms with Crippen LogP contribution in [0.3, 0.4) is 0 Å². The number of rotatable bonds is 4. The summed E-state index contributed by atoms with van der Waals surface area (Å²) in [4.78, 5) is 6.58. The molecule has 0 saturated heterocycles. The molecule has 4 rings (SSSR count). The Balaban J connectivity index is 1.79. The van der Waals surface area contributed by atoms with Crippen molar-refractivity contribution in [3.8, 4) is 0 Å². The zero-order chi connectivity index (χ0) is 18.9. The summed E-state index contributed by atoms with van der Waals surface area (Å²) in [5.74, 6) is 0.344. The van der Waals surface area contributed by atoms with Crippen molar-refractivity contribution in [2.75, 3.05) is 0 Å². The molecule has 0 aromatic heterocycles. The predicted molar refractivity (Wildman–Crippen MR) is 108 cm³/mol. The molecule has 3 aromatic rings. The van der Waals surface area contributed by atoms with Crippen LogP contribution in [0.15, 0.2) is 89.9 Å². The van der Waals surface area contributed by atoms with Crippen molar-refractivity contribution in [3.63, 3.8) is 0 Å². The van der Waals surface area contributed by atoms with E-state index in [9.17, 15) is 5.11 Å². The van der Waals surface area contributed by atoms with Gasteiger partial charge in [0.15, 0.2) is 17.7 Å². The standard InChI is InChI=1S/C23H23N3O/c1-17-9-8-10-18(15-17)16-26-21(27)23(25-22(26)24,19-11-4-2-5-12-19)20-13-6-3-7-14-20/h2-15,21,27H,16H2,1H3,(H2,24,25). The second-order valence-electron chi connectivity index (χ2n) is 6.96. The summed E-state index contributed by atoms with van der Waals surface area (Å²) in [6, 6.07) is 27.9. The van der Waals surface area contributed by atoms with Gasteiger partial charge in [-0.3, -0.25) is 0 Å². The quantitative estimate of drug-likeness (QED) is 0.752. The number of aliphatic hydroxyl groups is 1. The Morgan fingerprint density at radius 3 is 2.07 bits per heavy atom. The second kappa shape index (κ2) is 6.89. The van der Waals surface area contributed by atoms with Gasteiger partial charge in [-0.25, -0.2) is 4.99 Å². The Morgan fingerprint density at radius 2 is 1.52 bits per heavy atom. The molecule has 0 aliphatic carbocycles. The Bertz CT molecular complexity index is 914. The average Bonchev–Trinajstić information content (AvgIpc) is 2.95. The molecule has 3 aromatic carbocycles. The van der Waals surface area contributed by atoms with Crippen LogP contribution in [0.25, 0.3) is 0 Å². The van der Waals surface area contributed by atoms with E-state index in [1.54, 1.807) is 4.90 Å². The number of aryl methyl sites for hydroxylation is 1. The molecule has 1 aliphatic rings. The second-order valence-corrected chi connectivity index (χ2v) is 6.96. The fourth-order valence-electron chi connectivity index (χ4n) is 3.81. The molecular formula is C23H23N3O. The zero-order valence-electron chi connectivity index (χ0n) is 15.3. The van der Waals surface area contributed by atoms with Gasteiger partial charge in [-0.2, -0.15) is 0 Å². The van der Waals surface area contributed by atoms with Gasteiger partial charge in [-0.05, 0) is 23.6 Å². The molecule has 4 nitrogen and oxygen atoms in total. The van der Waals surface area contributed by atoms with E-state index in [-0.39, 0.29) is 0 Å². The molecule has 1 aliphatic heterocycles. The van der Waals surface area contributed by atoms with Gasteiger partial charge in [-0.15, -0.1) is 0 Å². The molecule has 0 saturated carbocycles. The van der Waals surface area contributed by atoms with E-state index in [2.05, 4.69) is 19.1 Å². The molecule has 0 radical (unpaired) electrons. The van der Waals surface area contributed by atoms with Crippen LogP contribution in [0.4, 0.5) is 0 Å². The highest BCUT2D eigenvalue weighted by atomic mass is 16.3.